The van der Waals surface area contributed by atoms with Crippen LogP contribution in [0.4, 0.5) is 0 Å². The Morgan fingerprint density at radius 2 is 2.00 bits per heavy atom. The molecular formula is C13H12N2O3. The number of allylic oxidation sites excluding steroid dienone is 1. The highest BCUT2D eigenvalue weighted by molar-refractivity contribution is 6.64. The second-order valence-electron chi connectivity index (χ2n) is 3.28. The third-order valence-electron chi connectivity index (χ3n) is 2.03. The van der Waals surface area contributed by atoms with E-state index in [-0.39, 0.29) is 6.61 Å². The van der Waals surface area contributed by atoms with Gasteiger partial charge in [-0.05, 0) is 18.6 Å². The minimum absolute atomic E-state index is 0.105. The quantitative estimate of drug-likeness (QED) is 0.196. The molecule has 5 nitrogen and oxygen atoms in total. The van der Waals surface area contributed by atoms with E-state index < -0.39 is 17.5 Å². The van der Waals surface area contributed by atoms with Crippen molar-refractivity contribution in [3.63, 3.8) is 0 Å². The lowest BCUT2D eigenvalue weighted by atomic mass is 10.1. The van der Waals surface area contributed by atoms with Crippen LogP contribution in [0.1, 0.15) is 12.5 Å². The summed E-state index contributed by atoms with van der Waals surface area (Å²) in [5, 5.41) is 0. The summed E-state index contributed by atoms with van der Waals surface area (Å²) >= 11 is 0. The van der Waals surface area contributed by atoms with Crippen molar-refractivity contribution in [1.82, 2.24) is 0 Å². The van der Waals surface area contributed by atoms with Gasteiger partial charge < -0.3 is 10.3 Å². The molecule has 0 spiro atoms. The molecule has 1 rings (SSSR count). The van der Waals surface area contributed by atoms with E-state index in [2.05, 4.69) is 9.53 Å². The second-order valence-corrected chi connectivity index (χ2v) is 3.28. The molecule has 0 amide bonds. The Morgan fingerprint density at radius 3 is 2.56 bits per heavy atom. The molecule has 0 aliphatic heterocycles. The maximum Gasteiger partial charge on any atom is 0.445 e. The number of hydrogen-bond acceptors (Lipinski definition) is 3. The molecule has 0 aliphatic carbocycles. The van der Waals surface area contributed by atoms with Crippen LogP contribution in [0, 0.1) is 0 Å². The highest BCUT2D eigenvalue weighted by Gasteiger charge is 2.28. The average molecular weight is 244 g/mol. The Hall–Kier alpha value is -2.52. The van der Waals surface area contributed by atoms with Crippen molar-refractivity contribution in [3.8, 4) is 0 Å². The number of carbonyl (C=O) groups excluding carboxylic acids is 2. The first-order valence-electron chi connectivity index (χ1n) is 5.35. The van der Waals surface area contributed by atoms with E-state index >= 15 is 0 Å². The van der Waals surface area contributed by atoms with Crippen molar-refractivity contribution in [1.29, 1.82) is 0 Å². The molecular weight excluding hydrogens is 232 g/mol. The van der Waals surface area contributed by atoms with Gasteiger partial charge in [0.25, 0.3) is 5.78 Å². The minimum atomic E-state index is -0.942. The van der Waals surface area contributed by atoms with Crippen molar-refractivity contribution in [3.05, 3.63) is 47.5 Å². The Bertz CT molecular complexity index is 514. The molecule has 0 fully saturated rings. The average Bonchev–Trinajstić information content (AvgIpc) is 2.39. The number of ether oxygens (including phenoxy) is 1. The molecule has 0 atom stereocenters. The van der Waals surface area contributed by atoms with Crippen molar-refractivity contribution in [2.24, 2.45) is 0 Å². The summed E-state index contributed by atoms with van der Waals surface area (Å²) in [7, 11) is 0. The van der Waals surface area contributed by atoms with Crippen LogP contribution >= 0.6 is 0 Å². The Morgan fingerprint density at radius 1 is 1.33 bits per heavy atom. The number of benzene rings is 1. The topological polar surface area (TPSA) is 79.8 Å². The van der Waals surface area contributed by atoms with Crippen LogP contribution in [0.15, 0.2) is 36.4 Å². The molecule has 0 bridgehead atoms. The van der Waals surface area contributed by atoms with E-state index in [9.17, 15) is 9.59 Å². The lowest BCUT2D eigenvalue weighted by molar-refractivity contribution is -0.141. The van der Waals surface area contributed by atoms with Gasteiger partial charge >= 0.3 is 11.7 Å². The highest BCUT2D eigenvalue weighted by Crippen LogP contribution is 2.01. The van der Waals surface area contributed by atoms with Gasteiger partial charge in [-0.15, -0.1) is 0 Å². The van der Waals surface area contributed by atoms with Crippen molar-refractivity contribution >= 4 is 23.5 Å². The fourth-order valence-electron chi connectivity index (χ4n) is 1.21. The largest absolute Gasteiger partial charge is 0.457 e. The number of esters is 1. The van der Waals surface area contributed by atoms with Gasteiger partial charge in [0.15, 0.2) is 0 Å². The van der Waals surface area contributed by atoms with Crippen LogP contribution < -0.4 is 0 Å². The number of nitrogens with zero attached hydrogens (tertiary/aromatic N) is 2. The van der Waals surface area contributed by atoms with Gasteiger partial charge in [0, 0.05) is 0 Å². The molecule has 92 valence electrons. The first-order valence-corrected chi connectivity index (χ1v) is 5.35. The predicted molar refractivity (Wildman–Crippen MR) is 65.7 cm³/mol. The first-order chi connectivity index (χ1) is 8.69. The van der Waals surface area contributed by atoms with Gasteiger partial charge in [-0.2, -0.15) is 4.79 Å². The Kier molecular flexibility index (Phi) is 5.22. The van der Waals surface area contributed by atoms with E-state index in [1.807, 2.05) is 18.2 Å². The zero-order valence-corrected chi connectivity index (χ0v) is 9.87. The number of hydrogen-bond donors (Lipinski definition) is 0. The molecule has 0 saturated carbocycles. The molecule has 0 aromatic heterocycles. The third kappa shape index (κ3) is 3.81. The molecule has 0 aliphatic rings. The molecule has 0 radical (unpaired) electrons. The molecule has 0 N–H and O–H groups in total. The maximum absolute atomic E-state index is 11.6. The monoisotopic (exact) mass is 244 g/mol. The number of carbonyl (C=O) groups is 2. The molecule has 0 saturated heterocycles. The molecule has 0 unspecified atom stereocenters. The summed E-state index contributed by atoms with van der Waals surface area (Å²) in [5.74, 6) is -1.65. The van der Waals surface area contributed by atoms with Crippen LogP contribution in [0.2, 0.25) is 0 Å². The van der Waals surface area contributed by atoms with E-state index in [0.717, 1.165) is 11.6 Å². The zero-order valence-electron chi connectivity index (χ0n) is 9.87. The summed E-state index contributed by atoms with van der Waals surface area (Å²) in [4.78, 5) is 25.5. The van der Waals surface area contributed by atoms with E-state index in [4.69, 9.17) is 5.53 Å². The van der Waals surface area contributed by atoms with Gasteiger partial charge in [-0.25, -0.2) is 4.79 Å². The Balaban J connectivity index is 2.79. The highest BCUT2D eigenvalue weighted by atomic mass is 16.5. The van der Waals surface area contributed by atoms with Crippen LogP contribution in [0.3, 0.4) is 0 Å². The maximum atomic E-state index is 11.6. The molecule has 18 heavy (non-hydrogen) atoms. The molecule has 0 heterocycles. The first kappa shape index (κ1) is 13.5. The zero-order chi connectivity index (χ0) is 13.4. The van der Waals surface area contributed by atoms with E-state index in [1.165, 1.54) is 6.08 Å². The summed E-state index contributed by atoms with van der Waals surface area (Å²) in [6.07, 6.45) is 2.67. The van der Waals surface area contributed by atoms with Crippen LogP contribution in [-0.2, 0) is 14.3 Å². The van der Waals surface area contributed by atoms with E-state index in [0.29, 0.717) is 0 Å². The van der Waals surface area contributed by atoms with Crippen molar-refractivity contribution in [2.75, 3.05) is 6.61 Å². The standard InChI is InChI=1S/C13H12N2O3/c1-2-18-13(17)12(15-14)11(16)9-8-10-6-4-3-5-7-10/h3-9H,2H2,1H3/b9-8-. The van der Waals surface area contributed by atoms with Gasteiger partial charge in [0.2, 0.25) is 0 Å². The van der Waals surface area contributed by atoms with Gasteiger partial charge in [-0.3, -0.25) is 4.79 Å². The van der Waals surface area contributed by atoms with Gasteiger partial charge in [-0.1, -0.05) is 36.4 Å². The summed E-state index contributed by atoms with van der Waals surface area (Å²) in [6.45, 7) is 1.70. The lowest BCUT2D eigenvalue weighted by Crippen LogP contribution is -2.26. The fraction of sp³-hybridized carbons (Fsp3) is 0.154. The van der Waals surface area contributed by atoms with Crippen molar-refractivity contribution < 1.29 is 19.1 Å². The van der Waals surface area contributed by atoms with Crippen molar-refractivity contribution in [2.45, 2.75) is 6.92 Å². The third-order valence-corrected chi connectivity index (χ3v) is 2.03. The lowest BCUT2D eigenvalue weighted by Gasteiger charge is -1.94. The van der Waals surface area contributed by atoms with Gasteiger partial charge in [0.05, 0.1) is 6.61 Å². The van der Waals surface area contributed by atoms with Gasteiger partial charge in [0.1, 0.15) is 0 Å². The number of ketones is 1. The second kappa shape index (κ2) is 6.93. The summed E-state index contributed by atoms with van der Waals surface area (Å²) in [6, 6.07) is 9.07. The fourth-order valence-corrected chi connectivity index (χ4v) is 1.21. The van der Waals surface area contributed by atoms with Crippen LogP contribution in [-0.4, -0.2) is 28.9 Å². The molecule has 1 aromatic carbocycles. The predicted octanol–water partition coefficient (Wildman–Crippen LogP) is 1.50. The normalized spacial score (nSPS) is 9.83. The number of rotatable bonds is 5. The molecule has 5 heteroatoms. The smallest absolute Gasteiger partial charge is 0.445 e. The molecule has 1 aromatic rings. The SMILES string of the molecule is CCOC(=O)C(=[N+]=[N-])C(=O)/C=C\c1ccccc1. The summed E-state index contributed by atoms with van der Waals surface area (Å²) < 4.78 is 4.58. The minimum Gasteiger partial charge on any atom is -0.457 e. The van der Waals surface area contributed by atoms with E-state index in [1.54, 1.807) is 19.1 Å². The Labute approximate surface area is 104 Å². The van der Waals surface area contributed by atoms with Crippen LogP contribution in [0.5, 0.6) is 0 Å². The summed E-state index contributed by atoms with van der Waals surface area (Å²) in [5.41, 5.74) is 8.79. The van der Waals surface area contributed by atoms with Crippen LogP contribution in [0.25, 0.3) is 11.6 Å².